The maximum absolute atomic E-state index is 12.5. The van der Waals surface area contributed by atoms with Crippen molar-refractivity contribution in [1.82, 2.24) is 15.3 Å². The van der Waals surface area contributed by atoms with Crippen LogP contribution in [-0.2, 0) is 11.3 Å². The van der Waals surface area contributed by atoms with E-state index in [9.17, 15) is 9.59 Å². The van der Waals surface area contributed by atoms with E-state index in [2.05, 4.69) is 15.3 Å². The van der Waals surface area contributed by atoms with Crippen molar-refractivity contribution in [3.05, 3.63) is 101 Å². The van der Waals surface area contributed by atoms with Crippen molar-refractivity contribution in [2.45, 2.75) is 13.5 Å². The second-order valence-electron chi connectivity index (χ2n) is 7.05. The zero-order valence-corrected chi connectivity index (χ0v) is 18.3. The standard InChI is InChI=1S/C25H21N3O3S/c1-17-22(32-25(28-17)20-8-5-13-26-14-20)15-27-23(29)16-31-21-11-9-19(10-12-21)24(30)18-6-3-2-4-7-18/h2-14H,15-16H2,1H3,(H,27,29). The first-order chi connectivity index (χ1) is 15.6. The van der Waals surface area contributed by atoms with Crippen LogP contribution in [0.3, 0.4) is 0 Å². The van der Waals surface area contributed by atoms with Crippen LogP contribution in [0.25, 0.3) is 10.6 Å². The van der Waals surface area contributed by atoms with E-state index >= 15 is 0 Å². The van der Waals surface area contributed by atoms with Crippen molar-refractivity contribution in [2.75, 3.05) is 6.61 Å². The molecule has 4 rings (SSSR count). The van der Waals surface area contributed by atoms with Crippen molar-refractivity contribution in [3.63, 3.8) is 0 Å². The molecular weight excluding hydrogens is 422 g/mol. The first-order valence-corrected chi connectivity index (χ1v) is 10.9. The highest BCUT2D eigenvalue weighted by molar-refractivity contribution is 7.15. The highest BCUT2D eigenvalue weighted by Crippen LogP contribution is 2.27. The Balaban J connectivity index is 1.28. The molecule has 0 unspecified atom stereocenters. The van der Waals surface area contributed by atoms with E-state index in [4.69, 9.17) is 4.74 Å². The van der Waals surface area contributed by atoms with Crippen molar-refractivity contribution in [3.8, 4) is 16.3 Å². The Hall–Kier alpha value is -3.84. The molecule has 6 nitrogen and oxygen atoms in total. The van der Waals surface area contributed by atoms with E-state index in [-0.39, 0.29) is 18.3 Å². The van der Waals surface area contributed by atoms with Gasteiger partial charge in [0.25, 0.3) is 5.91 Å². The molecule has 0 atom stereocenters. The summed E-state index contributed by atoms with van der Waals surface area (Å²) in [6.07, 6.45) is 3.49. The van der Waals surface area contributed by atoms with E-state index < -0.39 is 0 Å². The topological polar surface area (TPSA) is 81.2 Å². The van der Waals surface area contributed by atoms with Crippen LogP contribution in [0.15, 0.2) is 79.1 Å². The largest absolute Gasteiger partial charge is 0.484 e. The van der Waals surface area contributed by atoms with Gasteiger partial charge < -0.3 is 10.1 Å². The third-order valence-electron chi connectivity index (χ3n) is 4.77. The first kappa shape index (κ1) is 21.4. The highest BCUT2D eigenvalue weighted by atomic mass is 32.1. The molecule has 0 fully saturated rings. The monoisotopic (exact) mass is 443 g/mol. The average Bonchev–Trinajstić information content (AvgIpc) is 3.23. The Bertz CT molecular complexity index is 1210. The molecule has 0 aliphatic rings. The molecular formula is C25H21N3O3S. The van der Waals surface area contributed by atoms with Crippen LogP contribution in [0.2, 0.25) is 0 Å². The lowest BCUT2D eigenvalue weighted by atomic mass is 10.0. The van der Waals surface area contributed by atoms with Crippen molar-refractivity contribution >= 4 is 23.0 Å². The van der Waals surface area contributed by atoms with Gasteiger partial charge in [0.2, 0.25) is 0 Å². The Kier molecular flexibility index (Phi) is 6.67. The number of ketones is 1. The van der Waals surface area contributed by atoms with Crippen molar-refractivity contribution in [2.24, 2.45) is 0 Å². The Labute approximate surface area is 189 Å². The minimum Gasteiger partial charge on any atom is -0.484 e. The summed E-state index contributed by atoms with van der Waals surface area (Å²) >= 11 is 1.53. The van der Waals surface area contributed by atoms with E-state index in [1.807, 2.05) is 37.3 Å². The van der Waals surface area contributed by atoms with Gasteiger partial charge >= 0.3 is 0 Å². The number of thiazole rings is 1. The summed E-state index contributed by atoms with van der Waals surface area (Å²) in [6.45, 7) is 2.20. The van der Waals surface area contributed by atoms with Crippen LogP contribution in [0, 0.1) is 6.92 Å². The van der Waals surface area contributed by atoms with Crippen molar-refractivity contribution < 1.29 is 14.3 Å². The lowest BCUT2D eigenvalue weighted by Gasteiger charge is -2.08. The Morgan fingerprint density at radius 1 is 0.969 bits per heavy atom. The maximum atomic E-state index is 12.5. The number of aryl methyl sites for hydroxylation is 1. The average molecular weight is 444 g/mol. The number of hydrogen-bond donors (Lipinski definition) is 1. The minimum absolute atomic E-state index is 0.0551. The summed E-state index contributed by atoms with van der Waals surface area (Å²) in [5.74, 6) is 0.239. The van der Waals surface area contributed by atoms with Crippen LogP contribution >= 0.6 is 11.3 Å². The van der Waals surface area contributed by atoms with Gasteiger partial charge in [0.15, 0.2) is 12.4 Å². The number of nitrogens with zero attached hydrogens (tertiary/aromatic N) is 2. The van der Waals surface area contributed by atoms with Crippen LogP contribution < -0.4 is 10.1 Å². The third kappa shape index (κ3) is 5.25. The lowest BCUT2D eigenvalue weighted by Crippen LogP contribution is -2.28. The smallest absolute Gasteiger partial charge is 0.258 e. The van der Waals surface area contributed by atoms with E-state index in [0.29, 0.717) is 23.4 Å². The summed E-state index contributed by atoms with van der Waals surface area (Å²) in [6, 6.07) is 19.7. The van der Waals surface area contributed by atoms with Crippen LogP contribution in [0.1, 0.15) is 26.5 Å². The van der Waals surface area contributed by atoms with Gasteiger partial charge in [-0.1, -0.05) is 30.3 Å². The number of carbonyl (C=O) groups is 2. The van der Waals surface area contributed by atoms with Gasteiger partial charge in [0, 0.05) is 34.0 Å². The fraction of sp³-hybridized carbons (Fsp3) is 0.120. The van der Waals surface area contributed by atoms with E-state index in [0.717, 1.165) is 21.1 Å². The van der Waals surface area contributed by atoms with Gasteiger partial charge in [-0.2, -0.15) is 0 Å². The summed E-state index contributed by atoms with van der Waals surface area (Å²) in [5, 5.41) is 3.74. The number of rotatable bonds is 8. The molecule has 2 aromatic heterocycles. The van der Waals surface area contributed by atoms with Gasteiger partial charge in [-0.3, -0.25) is 14.6 Å². The second-order valence-corrected chi connectivity index (χ2v) is 8.14. The predicted octanol–water partition coefficient (Wildman–Crippen LogP) is 4.44. The van der Waals surface area contributed by atoms with E-state index in [1.165, 1.54) is 11.3 Å². The number of hydrogen-bond acceptors (Lipinski definition) is 6. The molecule has 160 valence electrons. The molecule has 2 aromatic carbocycles. The zero-order chi connectivity index (χ0) is 22.3. The highest BCUT2D eigenvalue weighted by Gasteiger charge is 2.12. The van der Waals surface area contributed by atoms with Crippen LogP contribution in [-0.4, -0.2) is 28.3 Å². The van der Waals surface area contributed by atoms with Gasteiger partial charge in [0.05, 0.1) is 12.2 Å². The number of nitrogens with one attached hydrogen (secondary N) is 1. The molecule has 4 aromatic rings. The van der Waals surface area contributed by atoms with Gasteiger partial charge in [0.1, 0.15) is 10.8 Å². The van der Waals surface area contributed by atoms with Crippen LogP contribution in [0.4, 0.5) is 0 Å². The second kappa shape index (κ2) is 9.98. The molecule has 1 N–H and O–H groups in total. The Morgan fingerprint density at radius 3 is 2.44 bits per heavy atom. The van der Waals surface area contributed by atoms with Gasteiger partial charge in [-0.05, 0) is 43.3 Å². The molecule has 0 saturated heterocycles. The van der Waals surface area contributed by atoms with Gasteiger partial charge in [-0.15, -0.1) is 11.3 Å². The number of amides is 1. The number of carbonyl (C=O) groups excluding carboxylic acids is 2. The SMILES string of the molecule is Cc1nc(-c2cccnc2)sc1CNC(=O)COc1ccc(C(=O)c2ccccc2)cc1. The van der Waals surface area contributed by atoms with E-state index in [1.54, 1.807) is 48.8 Å². The number of aromatic nitrogens is 2. The predicted molar refractivity (Wildman–Crippen MR) is 124 cm³/mol. The first-order valence-electron chi connectivity index (χ1n) is 10.1. The fourth-order valence-electron chi connectivity index (χ4n) is 3.04. The number of benzene rings is 2. The summed E-state index contributed by atoms with van der Waals surface area (Å²) in [4.78, 5) is 34.3. The number of ether oxygens (including phenoxy) is 1. The fourth-order valence-corrected chi connectivity index (χ4v) is 4.03. The molecule has 1 amide bonds. The molecule has 7 heteroatoms. The summed E-state index contributed by atoms with van der Waals surface area (Å²) < 4.78 is 5.56. The maximum Gasteiger partial charge on any atom is 0.258 e. The molecule has 2 heterocycles. The molecule has 0 aliphatic heterocycles. The molecule has 0 aliphatic carbocycles. The zero-order valence-electron chi connectivity index (χ0n) is 17.4. The van der Waals surface area contributed by atoms with Crippen molar-refractivity contribution in [1.29, 1.82) is 0 Å². The number of pyridine rings is 1. The quantitative estimate of drug-likeness (QED) is 0.407. The van der Waals surface area contributed by atoms with Gasteiger partial charge in [-0.25, -0.2) is 4.98 Å². The molecule has 0 spiro atoms. The molecule has 0 saturated carbocycles. The summed E-state index contributed by atoms with van der Waals surface area (Å²) in [5.41, 5.74) is 3.04. The minimum atomic E-state index is -0.231. The summed E-state index contributed by atoms with van der Waals surface area (Å²) in [7, 11) is 0. The molecule has 0 bridgehead atoms. The normalized spacial score (nSPS) is 10.5. The molecule has 32 heavy (non-hydrogen) atoms. The lowest BCUT2D eigenvalue weighted by molar-refractivity contribution is -0.123. The molecule has 0 radical (unpaired) electrons. The van der Waals surface area contributed by atoms with Crippen LogP contribution in [0.5, 0.6) is 5.75 Å². The Morgan fingerprint density at radius 2 is 1.72 bits per heavy atom. The third-order valence-corrected chi connectivity index (χ3v) is 5.98.